The molecular formula is C21H27N3O3S2. The Morgan fingerprint density at radius 2 is 2.17 bits per heavy atom. The summed E-state index contributed by atoms with van der Waals surface area (Å²) in [7, 11) is 0. The maximum absolute atomic E-state index is 12.4. The fourth-order valence-electron chi connectivity index (χ4n) is 3.58. The number of hydrogen-bond donors (Lipinski definition) is 2. The number of carboxylic acid groups (broad SMARTS) is 1. The van der Waals surface area contributed by atoms with E-state index in [1.165, 1.54) is 46.9 Å². The lowest BCUT2D eigenvalue weighted by Gasteiger charge is -2.29. The minimum atomic E-state index is -1.02. The fourth-order valence-corrected chi connectivity index (χ4v) is 5.39. The lowest BCUT2D eigenvalue weighted by molar-refractivity contribution is -0.128. The third kappa shape index (κ3) is 5.58. The van der Waals surface area contributed by atoms with E-state index in [0.29, 0.717) is 23.1 Å². The fraction of sp³-hybridized carbons (Fsp3) is 0.476. The number of thioether (sulfide) groups is 1. The molecule has 156 valence electrons. The summed E-state index contributed by atoms with van der Waals surface area (Å²) in [5, 5.41) is 10.5. The van der Waals surface area contributed by atoms with Crippen LogP contribution < -0.4 is 5.73 Å². The van der Waals surface area contributed by atoms with Crippen LogP contribution in [-0.4, -0.2) is 45.2 Å². The largest absolute Gasteiger partial charge is 0.476 e. The van der Waals surface area contributed by atoms with Crippen LogP contribution in [-0.2, 0) is 11.2 Å². The van der Waals surface area contributed by atoms with Gasteiger partial charge in [-0.1, -0.05) is 49.4 Å². The first-order valence-corrected chi connectivity index (χ1v) is 11.8. The lowest BCUT2D eigenvalue weighted by Crippen LogP contribution is -2.41. The van der Waals surface area contributed by atoms with E-state index in [1.54, 1.807) is 0 Å². The summed E-state index contributed by atoms with van der Waals surface area (Å²) in [6.07, 6.45) is 4.73. The second kappa shape index (κ2) is 10.2. The summed E-state index contributed by atoms with van der Waals surface area (Å²) in [4.78, 5) is 29.3. The maximum atomic E-state index is 12.4. The van der Waals surface area contributed by atoms with Crippen molar-refractivity contribution in [3.63, 3.8) is 0 Å². The van der Waals surface area contributed by atoms with Gasteiger partial charge in [-0.05, 0) is 30.4 Å². The third-order valence-corrected chi connectivity index (χ3v) is 7.23. The Balaban J connectivity index is 1.57. The molecule has 1 fully saturated rings. The van der Waals surface area contributed by atoms with Crippen molar-refractivity contribution in [3.05, 3.63) is 46.5 Å². The molecule has 1 aliphatic heterocycles. The Kier molecular flexibility index (Phi) is 7.69. The molecule has 1 saturated heterocycles. The van der Waals surface area contributed by atoms with Crippen molar-refractivity contribution < 1.29 is 14.7 Å². The molecule has 3 N–H and O–H groups in total. The minimum Gasteiger partial charge on any atom is -0.476 e. The predicted molar refractivity (Wildman–Crippen MR) is 117 cm³/mol. The van der Waals surface area contributed by atoms with E-state index in [-0.39, 0.29) is 23.7 Å². The molecule has 0 aliphatic carbocycles. The zero-order valence-corrected chi connectivity index (χ0v) is 18.2. The summed E-state index contributed by atoms with van der Waals surface area (Å²) in [5.74, 6) is -0.220. The number of carbonyl (C=O) groups excluding carboxylic acids is 1. The molecule has 2 heterocycles. The second-order valence-electron chi connectivity index (χ2n) is 7.22. The zero-order chi connectivity index (χ0) is 20.8. The standard InChI is InChI=1S/C21H27N3O3S2/c1-2-3-4-14-5-7-15(8-6-14)19(22)17-9-10-18(25)24(17)11-12-28-21-23-16(13-29-21)20(26)27/h5-8,13,17,19H,2-4,9-12,22H2,1H3,(H,26,27)/t17-,19?/m1/s1. The van der Waals surface area contributed by atoms with Gasteiger partial charge in [0.1, 0.15) is 0 Å². The molecule has 1 unspecified atom stereocenters. The van der Waals surface area contributed by atoms with Crippen molar-refractivity contribution >= 4 is 35.0 Å². The topological polar surface area (TPSA) is 96.5 Å². The van der Waals surface area contributed by atoms with Crippen molar-refractivity contribution in [3.8, 4) is 0 Å². The van der Waals surface area contributed by atoms with Crippen molar-refractivity contribution in [1.29, 1.82) is 0 Å². The highest BCUT2D eigenvalue weighted by molar-refractivity contribution is 8.01. The second-order valence-corrected chi connectivity index (χ2v) is 9.42. The number of thiazole rings is 1. The number of amides is 1. The smallest absolute Gasteiger partial charge is 0.355 e. The van der Waals surface area contributed by atoms with Crippen LogP contribution >= 0.6 is 23.1 Å². The van der Waals surface area contributed by atoms with Gasteiger partial charge in [0.2, 0.25) is 5.91 Å². The lowest BCUT2D eigenvalue weighted by atomic mass is 9.96. The van der Waals surface area contributed by atoms with Gasteiger partial charge in [0.05, 0.1) is 12.1 Å². The number of aromatic nitrogens is 1. The number of benzene rings is 1. The number of unbranched alkanes of at least 4 members (excludes halogenated alkanes) is 1. The molecule has 1 aromatic carbocycles. The van der Waals surface area contributed by atoms with E-state index < -0.39 is 5.97 Å². The number of carbonyl (C=O) groups is 2. The van der Waals surface area contributed by atoms with Crippen LogP contribution in [0.25, 0.3) is 0 Å². The van der Waals surface area contributed by atoms with Crippen LogP contribution in [0.1, 0.15) is 60.3 Å². The molecule has 6 nitrogen and oxygen atoms in total. The molecule has 1 amide bonds. The summed E-state index contributed by atoms with van der Waals surface area (Å²) in [6.45, 7) is 2.77. The first-order valence-electron chi connectivity index (χ1n) is 9.95. The number of carboxylic acids is 1. The number of nitrogens with zero attached hydrogens (tertiary/aromatic N) is 2. The van der Waals surface area contributed by atoms with E-state index in [4.69, 9.17) is 10.8 Å². The van der Waals surface area contributed by atoms with Gasteiger partial charge in [-0.2, -0.15) is 0 Å². The Morgan fingerprint density at radius 1 is 1.41 bits per heavy atom. The number of aromatic carboxylic acids is 1. The SMILES string of the molecule is CCCCc1ccc(C(N)[C@H]2CCC(=O)N2CCSc2nc(C(=O)O)cs2)cc1. The van der Waals surface area contributed by atoms with Gasteiger partial charge in [0, 0.05) is 24.1 Å². The van der Waals surface area contributed by atoms with Crippen molar-refractivity contribution in [2.45, 2.75) is 55.5 Å². The van der Waals surface area contributed by atoms with Crippen molar-refractivity contribution in [1.82, 2.24) is 9.88 Å². The van der Waals surface area contributed by atoms with Gasteiger partial charge in [0.15, 0.2) is 10.0 Å². The third-order valence-electron chi connectivity index (χ3n) is 5.23. The van der Waals surface area contributed by atoms with E-state index in [1.807, 2.05) is 4.90 Å². The Labute approximate surface area is 179 Å². The molecule has 29 heavy (non-hydrogen) atoms. The average molecular weight is 434 g/mol. The number of aryl methyl sites for hydroxylation is 1. The van der Waals surface area contributed by atoms with Crippen LogP contribution in [0.4, 0.5) is 0 Å². The number of hydrogen-bond acceptors (Lipinski definition) is 6. The van der Waals surface area contributed by atoms with Gasteiger partial charge in [-0.25, -0.2) is 9.78 Å². The molecule has 0 bridgehead atoms. The molecular weight excluding hydrogens is 406 g/mol. The first kappa shape index (κ1) is 21.8. The Hall–Kier alpha value is -1.90. The molecule has 0 radical (unpaired) electrons. The summed E-state index contributed by atoms with van der Waals surface area (Å²) < 4.78 is 0.706. The summed E-state index contributed by atoms with van der Waals surface area (Å²) in [5.41, 5.74) is 9.00. The van der Waals surface area contributed by atoms with Crippen LogP contribution in [0.3, 0.4) is 0 Å². The summed E-state index contributed by atoms with van der Waals surface area (Å²) >= 11 is 2.79. The van der Waals surface area contributed by atoms with E-state index in [0.717, 1.165) is 18.4 Å². The van der Waals surface area contributed by atoms with Gasteiger partial charge >= 0.3 is 5.97 Å². The highest BCUT2D eigenvalue weighted by Crippen LogP contribution is 2.30. The molecule has 2 atom stereocenters. The van der Waals surface area contributed by atoms with E-state index in [2.05, 4.69) is 36.2 Å². The molecule has 0 spiro atoms. The van der Waals surface area contributed by atoms with Gasteiger partial charge in [0.25, 0.3) is 0 Å². The minimum absolute atomic E-state index is 0.00420. The van der Waals surface area contributed by atoms with E-state index >= 15 is 0 Å². The highest BCUT2D eigenvalue weighted by atomic mass is 32.2. The predicted octanol–water partition coefficient (Wildman–Crippen LogP) is 3.97. The molecule has 2 aromatic rings. The maximum Gasteiger partial charge on any atom is 0.355 e. The average Bonchev–Trinajstić information content (AvgIpc) is 3.34. The van der Waals surface area contributed by atoms with Crippen molar-refractivity contribution in [2.75, 3.05) is 12.3 Å². The van der Waals surface area contributed by atoms with Crippen LogP contribution in [0.15, 0.2) is 34.0 Å². The number of rotatable bonds is 10. The molecule has 1 aromatic heterocycles. The van der Waals surface area contributed by atoms with Gasteiger partial charge in [-0.15, -0.1) is 11.3 Å². The Morgan fingerprint density at radius 3 is 2.83 bits per heavy atom. The monoisotopic (exact) mass is 433 g/mol. The number of likely N-dealkylation sites (tertiary alicyclic amines) is 1. The van der Waals surface area contributed by atoms with E-state index in [9.17, 15) is 9.59 Å². The molecule has 1 aliphatic rings. The molecule has 3 rings (SSSR count). The molecule has 0 saturated carbocycles. The van der Waals surface area contributed by atoms with Crippen LogP contribution in [0.5, 0.6) is 0 Å². The van der Waals surface area contributed by atoms with Crippen molar-refractivity contribution in [2.24, 2.45) is 5.73 Å². The zero-order valence-electron chi connectivity index (χ0n) is 16.5. The van der Waals surface area contributed by atoms with Crippen LogP contribution in [0.2, 0.25) is 0 Å². The summed E-state index contributed by atoms with van der Waals surface area (Å²) in [6, 6.07) is 8.26. The molecule has 8 heteroatoms. The number of nitrogens with two attached hydrogens (primary N) is 1. The highest BCUT2D eigenvalue weighted by Gasteiger charge is 2.35. The van der Waals surface area contributed by atoms with Crippen LogP contribution in [0, 0.1) is 0 Å². The normalized spacial score (nSPS) is 17.7. The first-order chi connectivity index (χ1) is 14.0. The quantitative estimate of drug-likeness (QED) is 0.551. The Bertz CT molecular complexity index is 838. The van der Waals surface area contributed by atoms with Gasteiger partial charge < -0.3 is 15.7 Å². The van der Waals surface area contributed by atoms with Gasteiger partial charge in [-0.3, -0.25) is 4.79 Å².